The summed E-state index contributed by atoms with van der Waals surface area (Å²) >= 11 is 0. The first-order chi connectivity index (χ1) is 14.8. The number of aromatic nitrogens is 4. The van der Waals surface area contributed by atoms with Crippen LogP contribution in [0.1, 0.15) is 25.5 Å². The molecule has 3 aromatic rings. The minimum atomic E-state index is -2.67. The Labute approximate surface area is 175 Å². The Bertz CT molecular complexity index is 1120. The van der Waals surface area contributed by atoms with Crippen molar-refractivity contribution in [2.75, 3.05) is 18.0 Å². The van der Waals surface area contributed by atoms with Crippen LogP contribution >= 0.6 is 0 Å². The van der Waals surface area contributed by atoms with E-state index in [4.69, 9.17) is 0 Å². The van der Waals surface area contributed by atoms with Crippen LogP contribution in [0.5, 0.6) is 0 Å². The summed E-state index contributed by atoms with van der Waals surface area (Å²) in [5, 5.41) is 15.0. The summed E-state index contributed by atoms with van der Waals surface area (Å²) in [6.07, 6.45) is 3.17. The molecule has 1 aromatic carbocycles. The highest BCUT2D eigenvalue weighted by Gasteiger charge is 2.35. The quantitative estimate of drug-likeness (QED) is 0.444. The molecule has 0 radical (unpaired) electrons. The summed E-state index contributed by atoms with van der Waals surface area (Å²) in [5.41, 5.74) is 1.56. The second-order valence-corrected chi connectivity index (χ2v) is 7.31. The fourth-order valence-electron chi connectivity index (χ4n) is 3.37. The third-order valence-corrected chi connectivity index (χ3v) is 5.17. The summed E-state index contributed by atoms with van der Waals surface area (Å²) in [6.45, 7) is 2.25. The maximum atomic E-state index is 14.3. The van der Waals surface area contributed by atoms with Gasteiger partial charge in [0.2, 0.25) is 5.95 Å². The van der Waals surface area contributed by atoms with Crippen LogP contribution in [0.3, 0.4) is 0 Å². The van der Waals surface area contributed by atoms with E-state index in [0.717, 1.165) is 11.8 Å². The molecule has 0 saturated carbocycles. The number of nitro groups is 1. The zero-order chi connectivity index (χ0) is 22.2. The molecule has 4 rings (SSSR count). The van der Waals surface area contributed by atoms with Gasteiger partial charge in [-0.1, -0.05) is 6.92 Å². The molecule has 0 spiro atoms. The third kappa shape index (κ3) is 4.35. The maximum absolute atomic E-state index is 14.3. The number of anilines is 1. The van der Waals surface area contributed by atoms with Crippen LogP contribution in [0.2, 0.25) is 0 Å². The first kappa shape index (κ1) is 20.8. The van der Waals surface area contributed by atoms with E-state index in [1.54, 1.807) is 17.2 Å². The van der Waals surface area contributed by atoms with Gasteiger partial charge in [-0.2, -0.15) is 5.10 Å². The minimum Gasteiger partial charge on any atom is -0.340 e. The highest BCUT2D eigenvalue weighted by atomic mass is 19.3. The minimum absolute atomic E-state index is 0.0557. The molecule has 3 heterocycles. The predicted molar refractivity (Wildman–Crippen MR) is 107 cm³/mol. The number of hydrogen-bond donors (Lipinski definition) is 0. The molecule has 162 valence electrons. The molecule has 1 aliphatic heterocycles. The van der Waals surface area contributed by atoms with Gasteiger partial charge in [-0.15, -0.1) is 0 Å². The lowest BCUT2D eigenvalue weighted by atomic mass is 10.1. The van der Waals surface area contributed by atoms with Crippen LogP contribution in [0.4, 0.5) is 24.8 Å². The molecule has 0 amide bonds. The van der Waals surface area contributed by atoms with Gasteiger partial charge in [0.15, 0.2) is 5.82 Å². The number of alkyl halides is 2. The van der Waals surface area contributed by atoms with Gasteiger partial charge in [0.1, 0.15) is 5.69 Å². The summed E-state index contributed by atoms with van der Waals surface area (Å²) in [7, 11) is 0. The summed E-state index contributed by atoms with van der Waals surface area (Å²) < 4.78 is 42.6. The van der Waals surface area contributed by atoms with Gasteiger partial charge in [0.25, 0.3) is 11.6 Å². The molecule has 2 aromatic heterocycles. The lowest BCUT2D eigenvalue weighted by molar-refractivity contribution is -0.385. The molecule has 0 atom stereocenters. The van der Waals surface area contributed by atoms with Crippen molar-refractivity contribution >= 4 is 11.6 Å². The third-order valence-electron chi connectivity index (χ3n) is 5.17. The molecular formula is C20H19F3N6O2. The van der Waals surface area contributed by atoms with E-state index < -0.39 is 16.7 Å². The topological polar surface area (TPSA) is 90.0 Å². The predicted octanol–water partition coefficient (Wildman–Crippen LogP) is 4.17. The van der Waals surface area contributed by atoms with Crippen LogP contribution < -0.4 is 4.90 Å². The Kier molecular flexibility index (Phi) is 5.34. The van der Waals surface area contributed by atoms with Crippen LogP contribution in [0.15, 0.2) is 36.7 Å². The van der Waals surface area contributed by atoms with Crippen LogP contribution in [0.25, 0.3) is 16.9 Å². The number of aryl methyl sites for hydroxylation is 1. The van der Waals surface area contributed by atoms with E-state index in [1.165, 1.54) is 23.0 Å². The van der Waals surface area contributed by atoms with E-state index >= 15 is 0 Å². The number of hydrogen-bond acceptors (Lipinski definition) is 6. The maximum Gasteiger partial charge on any atom is 0.272 e. The molecule has 1 aliphatic rings. The van der Waals surface area contributed by atoms with Gasteiger partial charge in [-0.25, -0.2) is 27.8 Å². The summed E-state index contributed by atoms with van der Waals surface area (Å²) in [6, 6.07) is 5.08. The summed E-state index contributed by atoms with van der Waals surface area (Å²) in [4.78, 5) is 20.9. The number of nitrogens with zero attached hydrogens (tertiary/aromatic N) is 6. The van der Waals surface area contributed by atoms with Crippen LogP contribution in [-0.4, -0.2) is 43.7 Å². The Morgan fingerprint density at radius 2 is 1.94 bits per heavy atom. The highest BCUT2D eigenvalue weighted by molar-refractivity contribution is 5.60. The standard InChI is InChI=1S/C20H19F3N6O2/c1-2-14-9-17(26-19(25-14)27-7-5-20(22,23)6-8-27)13-11-24-28(12-13)18-4-3-15(29(30)31)10-16(18)21/h3-4,9-12H,2,5-8H2,1H3. The molecule has 1 fully saturated rings. The monoisotopic (exact) mass is 432 g/mol. The van der Waals surface area contributed by atoms with Gasteiger partial charge in [-0.3, -0.25) is 10.1 Å². The summed E-state index contributed by atoms with van der Waals surface area (Å²) in [5.74, 6) is -3.08. The van der Waals surface area contributed by atoms with E-state index in [9.17, 15) is 23.3 Å². The number of piperidine rings is 1. The fourth-order valence-corrected chi connectivity index (χ4v) is 3.37. The van der Waals surface area contributed by atoms with Crippen molar-refractivity contribution < 1.29 is 18.1 Å². The first-order valence-corrected chi connectivity index (χ1v) is 9.76. The van der Waals surface area contributed by atoms with Crippen molar-refractivity contribution in [1.82, 2.24) is 19.7 Å². The smallest absolute Gasteiger partial charge is 0.272 e. The molecule has 0 N–H and O–H groups in total. The molecule has 8 nitrogen and oxygen atoms in total. The van der Waals surface area contributed by atoms with E-state index in [0.29, 0.717) is 23.6 Å². The number of rotatable bonds is 5. The molecule has 31 heavy (non-hydrogen) atoms. The van der Waals surface area contributed by atoms with Gasteiger partial charge < -0.3 is 4.90 Å². The first-order valence-electron chi connectivity index (χ1n) is 9.76. The number of nitro benzene ring substituents is 1. The van der Waals surface area contributed by atoms with Gasteiger partial charge >= 0.3 is 0 Å². The highest BCUT2D eigenvalue weighted by Crippen LogP contribution is 2.30. The number of halogens is 3. The van der Waals surface area contributed by atoms with Gasteiger partial charge in [0, 0.05) is 49.5 Å². The van der Waals surface area contributed by atoms with E-state index in [-0.39, 0.29) is 37.3 Å². The van der Waals surface area contributed by atoms with Gasteiger partial charge in [0.05, 0.1) is 22.9 Å². The average Bonchev–Trinajstić information content (AvgIpc) is 3.23. The van der Waals surface area contributed by atoms with Crippen molar-refractivity contribution in [1.29, 1.82) is 0 Å². The number of benzene rings is 1. The second kappa shape index (κ2) is 7.97. The van der Waals surface area contributed by atoms with Crippen molar-refractivity contribution in [2.24, 2.45) is 0 Å². The lowest BCUT2D eigenvalue weighted by Crippen LogP contribution is -2.40. The van der Waals surface area contributed by atoms with Crippen molar-refractivity contribution in [3.8, 4) is 16.9 Å². The molecule has 1 saturated heterocycles. The molecule has 11 heteroatoms. The molecule has 0 bridgehead atoms. The zero-order valence-electron chi connectivity index (χ0n) is 16.6. The van der Waals surface area contributed by atoms with Crippen molar-refractivity contribution in [2.45, 2.75) is 32.1 Å². The van der Waals surface area contributed by atoms with Crippen LogP contribution in [0, 0.1) is 15.9 Å². The Hall–Kier alpha value is -3.50. The second-order valence-electron chi connectivity index (χ2n) is 7.31. The Morgan fingerprint density at radius 1 is 1.19 bits per heavy atom. The average molecular weight is 432 g/mol. The van der Waals surface area contributed by atoms with E-state index in [2.05, 4.69) is 15.1 Å². The molecule has 0 unspecified atom stereocenters. The normalized spacial score (nSPS) is 15.8. The largest absolute Gasteiger partial charge is 0.340 e. The van der Waals surface area contributed by atoms with Crippen molar-refractivity contribution in [3.05, 3.63) is 58.3 Å². The fraction of sp³-hybridized carbons (Fsp3) is 0.350. The zero-order valence-corrected chi connectivity index (χ0v) is 16.6. The molecule has 0 aliphatic carbocycles. The van der Waals surface area contributed by atoms with Crippen molar-refractivity contribution in [3.63, 3.8) is 0 Å². The number of non-ortho nitro benzene ring substituents is 1. The van der Waals surface area contributed by atoms with Crippen LogP contribution in [-0.2, 0) is 6.42 Å². The Balaban J connectivity index is 1.65. The van der Waals surface area contributed by atoms with E-state index in [1.807, 2.05) is 6.92 Å². The SMILES string of the molecule is CCc1cc(-c2cnn(-c3ccc([N+](=O)[O-])cc3F)c2)nc(N2CCC(F)(F)CC2)n1. The lowest BCUT2D eigenvalue weighted by Gasteiger charge is -2.32. The van der Waals surface area contributed by atoms with Gasteiger partial charge in [-0.05, 0) is 18.6 Å². The Morgan fingerprint density at radius 3 is 2.58 bits per heavy atom. The molecular weight excluding hydrogens is 413 g/mol.